The minimum atomic E-state index is -0.421. The van der Waals surface area contributed by atoms with Gasteiger partial charge in [0.15, 0.2) is 11.7 Å². The summed E-state index contributed by atoms with van der Waals surface area (Å²) in [6.07, 6.45) is 0. The SMILES string of the molecule is Cc1cccc(C(=O)NC(=S)NNC(=O)COc2ccc(C(C)C)cc2)c1. The van der Waals surface area contributed by atoms with Gasteiger partial charge < -0.3 is 4.74 Å². The van der Waals surface area contributed by atoms with Crippen LogP contribution in [0.3, 0.4) is 0 Å². The van der Waals surface area contributed by atoms with Crippen LogP contribution in [0.1, 0.15) is 41.3 Å². The second-order valence-electron chi connectivity index (χ2n) is 6.34. The van der Waals surface area contributed by atoms with Gasteiger partial charge in [-0.25, -0.2) is 0 Å². The number of benzene rings is 2. The zero-order valence-electron chi connectivity index (χ0n) is 15.5. The number of carbonyl (C=O) groups is 2. The molecule has 2 amide bonds. The summed E-state index contributed by atoms with van der Waals surface area (Å²) in [4.78, 5) is 23.9. The molecule has 0 atom stereocenters. The van der Waals surface area contributed by atoms with Crippen molar-refractivity contribution in [1.82, 2.24) is 16.2 Å². The summed E-state index contributed by atoms with van der Waals surface area (Å²) in [5.41, 5.74) is 7.51. The van der Waals surface area contributed by atoms with E-state index in [0.29, 0.717) is 17.2 Å². The summed E-state index contributed by atoms with van der Waals surface area (Å²) in [6, 6.07) is 14.7. The molecule has 0 saturated carbocycles. The van der Waals surface area contributed by atoms with Crippen molar-refractivity contribution in [2.24, 2.45) is 0 Å². The first kappa shape index (κ1) is 20.4. The molecule has 27 heavy (non-hydrogen) atoms. The van der Waals surface area contributed by atoms with E-state index in [1.165, 1.54) is 5.56 Å². The number of aryl methyl sites for hydroxylation is 1. The molecule has 2 rings (SSSR count). The van der Waals surface area contributed by atoms with Gasteiger partial charge >= 0.3 is 0 Å². The minimum Gasteiger partial charge on any atom is -0.484 e. The van der Waals surface area contributed by atoms with Gasteiger partial charge in [0.2, 0.25) is 0 Å². The lowest BCUT2D eigenvalue weighted by Crippen LogP contribution is -2.49. The third-order valence-electron chi connectivity index (χ3n) is 3.74. The Bertz CT molecular complexity index is 819. The van der Waals surface area contributed by atoms with Crippen molar-refractivity contribution in [3.8, 4) is 5.75 Å². The summed E-state index contributed by atoms with van der Waals surface area (Å²) >= 11 is 5.00. The lowest BCUT2D eigenvalue weighted by molar-refractivity contribution is -0.123. The van der Waals surface area contributed by atoms with Crippen LogP contribution in [0.2, 0.25) is 0 Å². The number of ether oxygens (including phenoxy) is 1. The van der Waals surface area contributed by atoms with Crippen LogP contribution in [0.5, 0.6) is 5.75 Å². The third-order valence-corrected chi connectivity index (χ3v) is 3.94. The number of hydrogen-bond acceptors (Lipinski definition) is 4. The van der Waals surface area contributed by atoms with E-state index in [4.69, 9.17) is 17.0 Å². The van der Waals surface area contributed by atoms with Gasteiger partial charge in [-0.1, -0.05) is 43.7 Å². The number of thiocarbonyl (C=S) groups is 1. The average molecular weight is 385 g/mol. The fourth-order valence-electron chi connectivity index (χ4n) is 2.25. The smallest absolute Gasteiger partial charge is 0.276 e. The lowest BCUT2D eigenvalue weighted by Gasteiger charge is -2.12. The van der Waals surface area contributed by atoms with Crippen LogP contribution in [-0.4, -0.2) is 23.5 Å². The maximum absolute atomic E-state index is 12.1. The van der Waals surface area contributed by atoms with Crippen LogP contribution in [0.15, 0.2) is 48.5 Å². The summed E-state index contributed by atoms with van der Waals surface area (Å²) in [5, 5.41) is 2.49. The van der Waals surface area contributed by atoms with Crippen molar-refractivity contribution in [1.29, 1.82) is 0 Å². The number of hydrogen-bond donors (Lipinski definition) is 3. The summed E-state index contributed by atoms with van der Waals surface area (Å²) in [7, 11) is 0. The van der Waals surface area contributed by atoms with E-state index in [-0.39, 0.29) is 17.6 Å². The van der Waals surface area contributed by atoms with Crippen molar-refractivity contribution in [2.45, 2.75) is 26.7 Å². The molecule has 0 bridgehead atoms. The predicted octanol–water partition coefficient (Wildman–Crippen LogP) is 2.83. The van der Waals surface area contributed by atoms with Gasteiger partial charge in [0, 0.05) is 5.56 Å². The maximum atomic E-state index is 12.1. The zero-order chi connectivity index (χ0) is 19.8. The second kappa shape index (κ2) is 9.68. The van der Waals surface area contributed by atoms with Crippen molar-refractivity contribution in [3.05, 3.63) is 65.2 Å². The van der Waals surface area contributed by atoms with Gasteiger partial charge in [-0.2, -0.15) is 0 Å². The molecule has 0 aliphatic heterocycles. The number of amides is 2. The van der Waals surface area contributed by atoms with E-state index in [9.17, 15) is 9.59 Å². The van der Waals surface area contributed by atoms with Gasteiger partial charge in [-0.05, 0) is 54.9 Å². The summed E-state index contributed by atoms with van der Waals surface area (Å²) < 4.78 is 5.42. The van der Waals surface area contributed by atoms with E-state index in [0.717, 1.165) is 5.56 Å². The highest BCUT2D eigenvalue weighted by Crippen LogP contribution is 2.18. The fraction of sp³-hybridized carbons (Fsp3) is 0.250. The Balaban J connectivity index is 1.73. The molecule has 3 N–H and O–H groups in total. The molecule has 0 spiro atoms. The quantitative estimate of drug-likeness (QED) is 0.545. The molecule has 7 heteroatoms. The fourth-order valence-corrected chi connectivity index (χ4v) is 2.40. The molecule has 0 aliphatic carbocycles. The van der Waals surface area contributed by atoms with E-state index in [1.807, 2.05) is 37.3 Å². The van der Waals surface area contributed by atoms with Gasteiger partial charge in [-0.15, -0.1) is 0 Å². The first-order chi connectivity index (χ1) is 12.8. The second-order valence-corrected chi connectivity index (χ2v) is 6.75. The molecule has 0 unspecified atom stereocenters. The van der Waals surface area contributed by atoms with Crippen LogP contribution in [0, 0.1) is 6.92 Å². The van der Waals surface area contributed by atoms with Gasteiger partial charge in [0.1, 0.15) is 5.75 Å². The first-order valence-electron chi connectivity index (χ1n) is 8.54. The Morgan fingerprint density at radius 3 is 2.41 bits per heavy atom. The normalized spacial score (nSPS) is 10.2. The van der Waals surface area contributed by atoms with E-state index < -0.39 is 5.91 Å². The standard InChI is InChI=1S/C20H23N3O3S/c1-13(2)15-7-9-17(10-8-15)26-12-18(24)22-23-20(27)21-19(25)16-6-4-5-14(3)11-16/h4-11,13H,12H2,1-3H3,(H,22,24)(H2,21,23,25,27). The molecular formula is C20H23N3O3S. The highest BCUT2D eigenvalue weighted by molar-refractivity contribution is 7.80. The van der Waals surface area contributed by atoms with Gasteiger partial charge in [0.25, 0.3) is 11.8 Å². The van der Waals surface area contributed by atoms with E-state index >= 15 is 0 Å². The first-order valence-corrected chi connectivity index (χ1v) is 8.95. The molecule has 0 aromatic heterocycles. The summed E-state index contributed by atoms with van der Waals surface area (Å²) in [6.45, 7) is 5.93. The Labute approximate surface area is 164 Å². The van der Waals surface area contributed by atoms with E-state index in [1.54, 1.807) is 18.2 Å². The van der Waals surface area contributed by atoms with Crippen molar-refractivity contribution in [3.63, 3.8) is 0 Å². The highest BCUT2D eigenvalue weighted by atomic mass is 32.1. The van der Waals surface area contributed by atoms with Crippen LogP contribution < -0.4 is 20.9 Å². The molecule has 0 saturated heterocycles. The molecule has 2 aromatic carbocycles. The topological polar surface area (TPSA) is 79.5 Å². The van der Waals surface area contributed by atoms with Crippen LogP contribution in [-0.2, 0) is 4.79 Å². The Morgan fingerprint density at radius 2 is 1.78 bits per heavy atom. The maximum Gasteiger partial charge on any atom is 0.276 e. The van der Waals surface area contributed by atoms with Gasteiger partial charge in [0.05, 0.1) is 0 Å². The monoisotopic (exact) mass is 385 g/mol. The molecule has 142 valence electrons. The molecule has 0 heterocycles. The molecule has 0 radical (unpaired) electrons. The van der Waals surface area contributed by atoms with Crippen molar-refractivity contribution >= 4 is 29.1 Å². The molecule has 0 fully saturated rings. The molecule has 6 nitrogen and oxygen atoms in total. The number of carbonyl (C=O) groups excluding carboxylic acids is 2. The van der Waals surface area contributed by atoms with Gasteiger partial charge in [-0.3, -0.25) is 25.8 Å². The number of rotatable bonds is 5. The Kier molecular flexibility index (Phi) is 7.31. The average Bonchev–Trinajstić information content (AvgIpc) is 2.65. The van der Waals surface area contributed by atoms with Crippen molar-refractivity contribution < 1.29 is 14.3 Å². The number of nitrogens with one attached hydrogen (secondary N) is 3. The molecule has 0 aliphatic rings. The summed E-state index contributed by atoms with van der Waals surface area (Å²) in [5.74, 6) is 0.259. The largest absolute Gasteiger partial charge is 0.484 e. The lowest BCUT2D eigenvalue weighted by atomic mass is 10.0. The molecule has 2 aromatic rings. The zero-order valence-corrected chi connectivity index (χ0v) is 16.4. The van der Waals surface area contributed by atoms with Crippen LogP contribution >= 0.6 is 12.2 Å². The minimum absolute atomic E-state index is 0.00357. The van der Waals surface area contributed by atoms with Crippen LogP contribution in [0.25, 0.3) is 0 Å². The Morgan fingerprint density at radius 1 is 1.07 bits per heavy atom. The van der Waals surface area contributed by atoms with E-state index in [2.05, 4.69) is 30.0 Å². The van der Waals surface area contributed by atoms with Crippen molar-refractivity contribution in [2.75, 3.05) is 6.61 Å². The highest BCUT2D eigenvalue weighted by Gasteiger charge is 2.09. The number of hydrazine groups is 1. The third kappa shape index (κ3) is 6.71. The predicted molar refractivity (Wildman–Crippen MR) is 109 cm³/mol. The Hall–Kier alpha value is -2.93. The molecular weight excluding hydrogens is 362 g/mol. The van der Waals surface area contributed by atoms with Crippen LogP contribution in [0.4, 0.5) is 0 Å².